The van der Waals surface area contributed by atoms with Gasteiger partial charge >= 0.3 is 0 Å². The van der Waals surface area contributed by atoms with Gasteiger partial charge in [-0.1, -0.05) is 56.3 Å². The van der Waals surface area contributed by atoms with Gasteiger partial charge in [-0.15, -0.1) is 0 Å². The number of carbonyl (C=O) groups is 2. The van der Waals surface area contributed by atoms with Crippen LogP contribution in [0.1, 0.15) is 37.5 Å². The van der Waals surface area contributed by atoms with E-state index in [0.717, 1.165) is 15.4 Å². The number of hydrogen-bond donors (Lipinski definition) is 1. The van der Waals surface area contributed by atoms with Crippen LogP contribution in [0.3, 0.4) is 0 Å². The van der Waals surface area contributed by atoms with Crippen molar-refractivity contribution in [3.63, 3.8) is 0 Å². The Morgan fingerprint density at radius 2 is 1.62 bits per heavy atom. The second-order valence-electron chi connectivity index (χ2n) is 10.3. The summed E-state index contributed by atoms with van der Waals surface area (Å²) in [6, 6.07) is 19.9. The van der Waals surface area contributed by atoms with Crippen molar-refractivity contribution in [2.75, 3.05) is 24.5 Å². The number of hydrogen-bond acceptors (Lipinski definition) is 5. The Morgan fingerprint density at radius 1 is 0.925 bits per heavy atom. The number of aryl methyl sites for hydroxylation is 2. The van der Waals surface area contributed by atoms with Crippen molar-refractivity contribution in [3.8, 4) is 5.75 Å². The highest BCUT2D eigenvalue weighted by Gasteiger charge is 2.33. The molecular weight excluding hydrogens is 526 g/mol. The molecule has 0 aliphatic rings. The van der Waals surface area contributed by atoms with Gasteiger partial charge in [0.2, 0.25) is 11.8 Å². The van der Waals surface area contributed by atoms with Crippen LogP contribution in [0.25, 0.3) is 0 Å². The van der Waals surface area contributed by atoms with Crippen molar-refractivity contribution in [3.05, 3.63) is 89.5 Å². The average Bonchev–Trinajstić information content (AvgIpc) is 2.94. The average molecular weight is 566 g/mol. The largest absolute Gasteiger partial charge is 0.497 e. The Labute approximate surface area is 238 Å². The van der Waals surface area contributed by atoms with Gasteiger partial charge in [0, 0.05) is 13.1 Å². The van der Waals surface area contributed by atoms with Crippen LogP contribution in [0.2, 0.25) is 0 Å². The number of sulfonamides is 1. The van der Waals surface area contributed by atoms with Crippen LogP contribution >= 0.6 is 0 Å². The fourth-order valence-electron chi connectivity index (χ4n) is 4.22. The number of carbonyl (C=O) groups excluding carboxylic acids is 2. The van der Waals surface area contributed by atoms with E-state index in [1.54, 1.807) is 50.4 Å². The van der Waals surface area contributed by atoms with Crippen molar-refractivity contribution < 1.29 is 22.7 Å². The van der Waals surface area contributed by atoms with Gasteiger partial charge in [0.1, 0.15) is 18.3 Å². The Bertz CT molecular complexity index is 1420. The predicted molar refractivity (Wildman–Crippen MR) is 158 cm³/mol. The molecule has 0 unspecified atom stereocenters. The molecule has 0 heterocycles. The zero-order chi connectivity index (χ0) is 29.4. The van der Waals surface area contributed by atoms with E-state index in [4.69, 9.17) is 4.74 Å². The normalized spacial score (nSPS) is 12.1. The van der Waals surface area contributed by atoms with Gasteiger partial charge in [-0.05, 0) is 73.7 Å². The van der Waals surface area contributed by atoms with Crippen molar-refractivity contribution in [1.82, 2.24) is 10.2 Å². The van der Waals surface area contributed by atoms with Crippen molar-refractivity contribution >= 4 is 27.5 Å². The summed E-state index contributed by atoms with van der Waals surface area (Å²) in [5, 5.41) is 2.89. The second-order valence-corrected chi connectivity index (χ2v) is 12.2. The topological polar surface area (TPSA) is 96.0 Å². The molecule has 8 nitrogen and oxygen atoms in total. The van der Waals surface area contributed by atoms with Gasteiger partial charge in [0.15, 0.2) is 0 Å². The van der Waals surface area contributed by atoms with Gasteiger partial charge in [0.05, 0.1) is 17.7 Å². The molecule has 0 radical (unpaired) electrons. The third-order valence-corrected chi connectivity index (χ3v) is 8.36. The lowest BCUT2D eigenvalue weighted by Gasteiger charge is -2.32. The van der Waals surface area contributed by atoms with E-state index >= 15 is 0 Å². The number of methoxy groups -OCH3 is 1. The first-order chi connectivity index (χ1) is 18.9. The molecule has 0 fully saturated rings. The fraction of sp³-hybridized carbons (Fsp3) is 0.355. The Hall–Kier alpha value is -3.85. The van der Waals surface area contributed by atoms with Gasteiger partial charge in [-0.25, -0.2) is 8.42 Å². The molecule has 3 rings (SSSR count). The minimum atomic E-state index is -4.11. The first-order valence-electron chi connectivity index (χ1n) is 13.3. The Morgan fingerprint density at radius 3 is 2.27 bits per heavy atom. The molecular formula is C31H39N3O5S. The van der Waals surface area contributed by atoms with Crippen molar-refractivity contribution in [1.29, 1.82) is 0 Å². The molecule has 1 N–H and O–H groups in total. The van der Waals surface area contributed by atoms with Gasteiger partial charge in [-0.2, -0.15) is 0 Å². The van der Waals surface area contributed by atoms with E-state index < -0.39 is 28.5 Å². The van der Waals surface area contributed by atoms with Gasteiger partial charge < -0.3 is 15.0 Å². The second kappa shape index (κ2) is 13.5. The summed E-state index contributed by atoms with van der Waals surface area (Å²) < 4.78 is 34.4. The lowest BCUT2D eigenvalue weighted by atomic mass is 10.1. The number of nitrogens with one attached hydrogen (secondary N) is 1. The molecule has 0 aliphatic carbocycles. The van der Waals surface area contributed by atoms with Gasteiger partial charge in [-0.3, -0.25) is 13.9 Å². The summed E-state index contributed by atoms with van der Waals surface area (Å²) in [5.74, 6) is 0.0320. The van der Waals surface area contributed by atoms with E-state index in [2.05, 4.69) is 5.32 Å². The molecule has 0 spiro atoms. The maximum absolute atomic E-state index is 14.1. The Kier molecular flexibility index (Phi) is 10.3. The highest BCUT2D eigenvalue weighted by molar-refractivity contribution is 7.92. The van der Waals surface area contributed by atoms with Crippen LogP contribution in [0.5, 0.6) is 5.75 Å². The van der Waals surface area contributed by atoms with E-state index in [0.29, 0.717) is 23.5 Å². The smallest absolute Gasteiger partial charge is 0.264 e. The number of ether oxygens (including phenoxy) is 1. The lowest BCUT2D eigenvalue weighted by molar-refractivity contribution is -0.139. The molecule has 0 bridgehead atoms. The summed E-state index contributed by atoms with van der Waals surface area (Å²) in [4.78, 5) is 28.7. The molecule has 0 aliphatic heterocycles. The molecule has 0 saturated carbocycles. The van der Waals surface area contributed by atoms with Crippen LogP contribution in [-0.2, 0) is 26.2 Å². The van der Waals surface area contributed by atoms with E-state index in [1.165, 1.54) is 17.0 Å². The third kappa shape index (κ3) is 7.63. The van der Waals surface area contributed by atoms with Gasteiger partial charge in [0.25, 0.3) is 10.0 Å². The maximum atomic E-state index is 14.1. The zero-order valence-electron chi connectivity index (χ0n) is 24.0. The van der Waals surface area contributed by atoms with Crippen molar-refractivity contribution in [2.24, 2.45) is 5.92 Å². The first-order valence-corrected chi connectivity index (χ1v) is 14.7. The third-order valence-electron chi connectivity index (χ3n) is 6.58. The van der Waals surface area contributed by atoms with Crippen LogP contribution in [0.15, 0.2) is 77.7 Å². The SMILES string of the molecule is COc1cccc(CN(C(=O)CN(c2cc(C)ccc2C)S(=O)(=O)c2ccccc2)[C@H](C)C(=O)NCC(C)C)c1. The molecule has 0 saturated heterocycles. The summed E-state index contributed by atoms with van der Waals surface area (Å²) >= 11 is 0. The number of rotatable bonds is 12. The summed E-state index contributed by atoms with van der Waals surface area (Å²) in [5.41, 5.74) is 2.73. The predicted octanol–water partition coefficient (Wildman–Crippen LogP) is 4.70. The van der Waals surface area contributed by atoms with Crippen molar-refractivity contribution in [2.45, 2.75) is 52.1 Å². The first kappa shape index (κ1) is 30.7. The van der Waals surface area contributed by atoms with Crippen LogP contribution in [0, 0.1) is 19.8 Å². The van der Waals surface area contributed by atoms with Crippen LogP contribution in [0.4, 0.5) is 5.69 Å². The zero-order valence-corrected chi connectivity index (χ0v) is 24.9. The molecule has 9 heteroatoms. The molecule has 3 aromatic rings. The quantitative estimate of drug-likeness (QED) is 0.344. The minimum Gasteiger partial charge on any atom is -0.497 e. The highest BCUT2D eigenvalue weighted by atomic mass is 32.2. The maximum Gasteiger partial charge on any atom is 0.264 e. The number of anilines is 1. The standard InChI is InChI=1S/C31H39N3O5S/c1-22(2)19-32-31(36)25(5)33(20-26-11-10-12-27(18-26)39-6)30(35)21-34(29-17-23(3)15-16-24(29)4)40(37,38)28-13-8-7-9-14-28/h7-18,22,25H,19-21H2,1-6H3,(H,32,36)/t25-/m1/s1. The van der Waals surface area contributed by atoms with Crippen LogP contribution < -0.4 is 14.4 Å². The van der Waals surface area contributed by atoms with E-state index in [1.807, 2.05) is 52.0 Å². The van der Waals surface area contributed by atoms with Crippen LogP contribution in [-0.4, -0.2) is 51.4 Å². The summed E-state index contributed by atoms with van der Waals surface area (Å²) in [6.45, 7) is 9.38. The Balaban J connectivity index is 2.05. The van der Waals surface area contributed by atoms with E-state index in [-0.39, 0.29) is 23.3 Å². The number of nitrogens with zero attached hydrogens (tertiary/aromatic N) is 2. The summed E-state index contributed by atoms with van der Waals surface area (Å²) in [7, 11) is -2.55. The number of benzene rings is 3. The molecule has 214 valence electrons. The fourth-order valence-corrected chi connectivity index (χ4v) is 5.72. The summed E-state index contributed by atoms with van der Waals surface area (Å²) in [6.07, 6.45) is 0. The molecule has 3 aromatic carbocycles. The molecule has 40 heavy (non-hydrogen) atoms. The molecule has 2 amide bonds. The van der Waals surface area contributed by atoms with E-state index in [9.17, 15) is 18.0 Å². The highest BCUT2D eigenvalue weighted by Crippen LogP contribution is 2.28. The number of amides is 2. The molecule has 1 atom stereocenters. The minimum absolute atomic E-state index is 0.0748. The lowest BCUT2D eigenvalue weighted by Crippen LogP contribution is -2.51. The monoisotopic (exact) mass is 565 g/mol. The molecule has 0 aromatic heterocycles.